The Labute approximate surface area is 287 Å². The van der Waals surface area contributed by atoms with Gasteiger partial charge >= 0.3 is 0 Å². The van der Waals surface area contributed by atoms with Crippen molar-refractivity contribution in [2.75, 3.05) is 34.9 Å². The van der Waals surface area contributed by atoms with Gasteiger partial charge in [0.05, 0.1) is 0 Å². The summed E-state index contributed by atoms with van der Waals surface area (Å²) in [5, 5.41) is 0. The summed E-state index contributed by atoms with van der Waals surface area (Å²) in [7, 11) is 0. The van der Waals surface area contributed by atoms with Crippen molar-refractivity contribution in [2.45, 2.75) is 25.6 Å². The zero-order chi connectivity index (χ0) is 32.6. The highest BCUT2D eigenvalue weighted by Gasteiger charge is 2.23. The van der Waals surface area contributed by atoms with E-state index < -0.39 is 0 Å². The van der Waals surface area contributed by atoms with Crippen LogP contribution in [0.4, 0.5) is 17.1 Å². The zero-order valence-electron chi connectivity index (χ0n) is 27.2. The third-order valence-electron chi connectivity index (χ3n) is 9.90. The molecule has 49 heavy (non-hydrogen) atoms. The molecule has 9 rings (SSSR count). The molecule has 0 atom stereocenters. The molecule has 3 aliphatic rings. The Bertz CT molecular complexity index is 1840. The van der Waals surface area contributed by atoms with Crippen molar-refractivity contribution in [3.05, 3.63) is 179 Å². The summed E-state index contributed by atoms with van der Waals surface area (Å²) < 4.78 is 18.2. The first kappa shape index (κ1) is 29.3. The van der Waals surface area contributed by atoms with Crippen LogP contribution in [0.2, 0.25) is 0 Å². The topological polar surface area (TPSA) is 37.4 Å². The van der Waals surface area contributed by atoms with E-state index in [0.29, 0.717) is 20.2 Å². The number of nitrogens with zero attached hydrogens (tertiary/aromatic N) is 3. The van der Waals surface area contributed by atoms with Crippen molar-refractivity contribution in [2.24, 2.45) is 0 Å². The molecule has 0 aliphatic carbocycles. The number of para-hydroxylation sites is 3. The highest BCUT2D eigenvalue weighted by atomic mass is 16.5. The van der Waals surface area contributed by atoms with E-state index in [1.165, 1.54) is 33.4 Å². The van der Waals surface area contributed by atoms with Gasteiger partial charge in [-0.05, 0) is 71.3 Å². The molecule has 0 aromatic heterocycles. The molecule has 0 N–H and O–H groups in total. The fourth-order valence-corrected chi connectivity index (χ4v) is 7.23. The van der Waals surface area contributed by atoms with Gasteiger partial charge in [-0.1, -0.05) is 91.0 Å². The number of anilines is 3. The molecule has 3 heterocycles. The van der Waals surface area contributed by atoms with Gasteiger partial charge in [-0.2, -0.15) is 0 Å². The summed E-state index contributed by atoms with van der Waals surface area (Å²) in [4.78, 5) is 6.84. The molecular formula is C43H37N3O3. The van der Waals surface area contributed by atoms with E-state index in [-0.39, 0.29) is 5.92 Å². The second-order valence-corrected chi connectivity index (χ2v) is 12.9. The Morgan fingerprint density at radius 1 is 0.347 bits per heavy atom. The molecule has 0 saturated carbocycles. The SMILES string of the molecule is c1ccc2c(c1)CN(c1ccc(C(c3ccc(N4COc5ccccc5C4)cc3)c3ccc(N4COc5ccccc5C4)cc3)cc1)CO2. The molecule has 6 heteroatoms. The lowest BCUT2D eigenvalue weighted by Gasteiger charge is -2.32. The smallest absolute Gasteiger partial charge is 0.161 e. The first-order valence-corrected chi connectivity index (χ1v) is 16.9. The van der Waals surface area contributed by atoms with Crippen LogP contribution in [0.25, 0.3) is 0 Å². The zero-order valence-corrected chi connectivity index (χ0v) is 27.2. The minimum absolute atomic E-state index is 0.0622. The second-order valence-electron chi connectivity index (χ2n) is 12.9. The predicted octanol–water partition coefficient (Wildman–Crippen LogP) is 8.94. The summed E-state index contributed by atoms with van der Waals surface area (Å²) in [6.45, 7) is 4.11. The van der Waals surface area contributed by atoms with Gasteiger partial charge in [0, 0.05) is 59.3 Å². The molecule has 0 fully saturated rings. The third-order valence-corrected chi connectivity index (χ3v) is 9.90. The van der Waals surface area contributed by atoms with Crippen molar-refractivity contribution in [3.8, 4) is 17.2 Å². The van der Waals surface area contributed by atoms with Crippen LogP contribution in [0.15, 0.2) is 146 Å². The molecular weight excluding hydrogens is 606 g/mol. The molecule has 6 aromatic carbocycles. The van der Waals surface area contributed by atoms with Crippen molar-refractivity contribution in [1.29, 1.82) is 0 Å². The second kappa shape index (κ2) is 12.6. The van der Waals surface area contributed by atoms with E-state index in [2.05, 4.69) is 124 Å². The van der Waals surface area contributed by atoms with Crippen LogP contribution >= 0.6 is 0 Å². The Morgan fingerprint density at radius 3 is 0.939 bits per heavy atom. The van der Waals surface area contributed by atoms with E-state index >= 15 is 0 Å². The first-order valence-electron chi connectivity index (χ1n) is 16.9. The fraction of sp³-hybridized carbons (Fsp3) is 0.163. The normalized spacial score (nSPS) is 15.0. The van der Waals surface area contributed by atoms with Gasteiger partial charge in [0.2, 0.25) is 0 Å². The fourth-order valence-electron chi connectivity index (χ4n) is 7.23. The van der Waals surface area contributed by atoms with Crippen LogP contribution in [-0.2, 0) is 19.6 Å². The van der Waals surface area contributed by atoms with Gasteiger partial charge in [-0.15, -0.1) is 0 Å². The number of rotatable bonds is 6. The molecule has 0 amide bonds. The average molecular weight is 644 g/mol. The number of ether oxygens (including phenoxy) is 3. The Balaban J connectivity index is 1.01. The average Bonchev–Trinajstić information content (AvgIpc) is 3.18. The summed E-state index contributed by atoms with van der Waals surface area (Å²) >= 11 is 0. The van der Waals surface area contributed by atoms with Crippen LogP contribution in [0.5, 0.6) is 17.2 Å². The summed E-state index contributed by atoms with van der Waals surface area (Å²) in [6.07, 6.45) is 0. The molecule has 6 aromatic rings. The molecule has 0 unspecified atom stereocenters. The number of hydrogen-bond donors (Lipinski definition) is 0. The largest absolute Gasteiger partial charge is 0.473 e. The molecule has 0 spiro atoms. The lowest BCUT2D eigenvalue weighted by atomic mass is 9.85. The molecule has 242 valence electrons. The quantitative estimate of drug-likeness (QED) is 0.169. The minimum atomic E-state index is 0.0622. The van der Waals surface area contributed by atoms with E-state index in [0.717, 1.165) is 53.9 Å². The standard InChI is InChI=1S/C43H37N3O3/c1-4-10-40-34(7-1)25-44(28-47-40)37-19-13-31(14-20-37)43(32-15-21-38(22-16-32)45-26-35-8-2-5-11-41(35)48-29-45)33-17-23-39(24-18-33)46-27-36-9-3-6-12-42(36)49-30-46/h1-24,43H,25-30H2. The van der Waals surface area contributed by atoms with Crippen LogP contribution in [0.3, 0.4) is 0 Å². The van der Waals surface area contributed by atoms with Gasteiger partial charge in [0.15, 0.2) is 20.2 Å². The molecule has 0 bridgehead atoms. The number of fused-ring (bicyclic) bond motifs is 3. The van der Waals surface area contributed by atoms with E-state index in [1.807, 2.05) is 36.4 Å². The highest BCUT2D eigenvalue weighted by molar-refractivity contribution is 5.58. The summed E-state index contributed by atoms with van der Waals surface area (Å²) in [5.74, 6) is 2.99. The van der Waals surface area contributed by atoms with Crippen LogP contribution in [0, 0.1) is 0 Å². The minimum Gasteiger partial charge on any atom is -0.473 e. The number of hydrogen-bond acceptors (Lipinski definition) is 6. The van der Waals surface area contributed by atoms with E-state index in [9.17, 15) is 0 Å². The van der Waals surface area contributed by atoms with Gasteiger partial charge in [-0.25, -0.2) is 0 Å². The first-order chi connectivity index (χ1) is 24.2. The predicted molar refractivity (Wildman–Crippen MR) is 195 cm³/mol. The van der Waals surface area contributed by atoms with Crippen LogP contribution in [0.1, 0.15) is 39.3 Å². The van der Waals surface area contributed by atoms with Gasteiger partial charge < -0.3 is 28.9 Å². The van der Waals surface area contributed by atoms with Gasteiger partial charge in [0.25, 0.3) is 0 Å². The Morgan fingerprint density at radius 2 is 0.633 bits per heavy atom. The third kappa shape index (κ3) is 5.80. The van der Waals surface area contributed by atoms with Crippen LogP contribution in [-0.4, -0.2) is 20.2 Å². The van der Waals surface area contributed by atoms with Gasteiger partial charge in [0.1, 0.15) is 17.2 Å². The van der Waals surface area contributed by atoms with Crippen molar-refractivity contribution >= 4 is 17.1 Å². The lowest BCUT2D eigenvalue weighted by molar-refractivity contribution is 0.289. The van der Waals surface area contributed by atoms with Crippen molar-refractivity contribution in [3.63, 3.8) is 0 Å². The van der Waals surface area contributed by atoms with Crippen LogP contribution < -0.4 is 28.9 Å². The molecule has 0 radical (unpaired) electrons. The van der Waals surface area contributed by atoms with Crippen molar-refractivity contribution < 1.29 is 14.2 Å². The Kier molecular flexibility index (Phi) is 7.54. The molecule has 0 saturated heterocycles. The summed E-state index contributed by atoms with van der Waals surface area (Å²) in [6, 6.07) is 51.9. The van der Waals surface area contributed by atoms with E-state index in [1.54, 1.807) is 0 Å². The maximum absolute atomic E-state index is 6.07. The molecule has 6 nitrogen and oxygen atoms in total. The van der Waals surface area contributed by atoms with E-state index in [4.69, 9.17) is 14.2 Å². The molecule has 3 aliphatic heterocycles. The maximum Gasteiger partial charge on any atom is 0.161 e. The Hall–Kier alpha value is -5.88. The van der Waals surface area contributed by atoms with Crippen molar-refractivity contribution in [1.82, 2.24) is 0 Å². The van der Waals surface area contributed by atoms with Gasteiger partial charge in [-0.3, -0.25) is 0 Å². The number of benzene rings is 6. The monoisotopic (exact) mass is 643 g/mol. The lowest BCUT2D eigenvalue weighted by Crippen LogP contribution is -2.31. The highest BCUT2D eigenvalue weighted by Crippen LogP contribution is 2.37. The maximum atomic E-state index is 6.07. The summed E-state index contributed by atoms with van der Waals surface area (Å²) in [5.41, 5.74) is 10.8.